The second-order valence-corrected chi connectivity index (χ2v) is 4.91. The number of hydrogen-bond donors (Lipinski definition) is 2. The van der Waals surface area contributed by atoms with E-state index in [1.54, 1.807) is 0 Å². The lowest BCUT2D eigenvalue weighted by Gasteiger charge is -2.08. The molecule has 2 rings (SSSR count). The molecule has 19 heavy (non-hydrogen) atoms. The molecule has 1 fully saturated rings. The van der Waals surface area contributed by atoms with Crippen molar-refractivity contribution in [3.63, 3.8) is 0 Å². The van der Waals surface area contributed by atoms with E-state index < -0.39 is 17.5 Å². The first-order valence-electron chi connectivity index (χ1n) is 6.61. The molecule has 2 N–H and O–H groups in total. The highest BCUT2D eigenvalue weighted by Gasteiger charge is 2.20. The maximum atomic E-state index is 13.3. The van der Waals surface area contributed by atoms with E-state index >= 15 is 0 Å². The highest BCUT2D eigenvalue weighted by Crippen LogP contribution is 2.33. The average molecular weight is 268 g/mol. The van der Waals surface area contributed by atoms with E-state index in [2.05, 4.69) is 10.6 Å². The average Bonchev–Trinajstić information content (AvgIpc) is 3.18. The van der Waals surface area contributed by atoms with Crippen LogP contribution >= 0.6 is 0 Å². The Morgan fingerprint density at radius 3 is 2.58 bits per heavy atom. The third kappa shape index (κ3) is 4.59. The van der Waals surface area contributed by atoms with Gasteiger partial charge in [0.2, 0.25) is 5.91 Å². The van der Waals surface area contributed by atoms with Crippen LogP contribution in [0.5, 0.6) is 0 Å². The van der Waals surface area contributed by atoms with Crippen molar-refractivity contribution in [1.29, 1.82) is 0 Å². The van der Waals surface area contributed by atoms with Crippen molar-refractivity contribution in [2.75, 3.05) is 18.4 Å². The van der Waals surface area contributed by atoms with Crippen molar-refractivity contribution in [2.45, 2.75) is 25.7 Å². The number of benzene rings is 1. The Labute approximate surface area is 111 Å². The Balaban J connectivity index is 1.68. The molecule has 5 heteroatoms. The molecule has 0 heterocycles. The van der Waals surface area contributed by atoms with Crippen molar-refractivity contribution in [1.82, 2.24) is 5.32 Å². The van der Waals surface area contributed by atoms with Gasteiger partial charge in [-0.2, -0.15) is 0 Å². The minimum Gasteiger partial charge on any atom is -0.320 e. The van der Waals surface area contributed by atoms with Crippen LogP contribution in [0.4, 0.5) is 14.5 Å². The number of amides is 1. The normalized spacial score (nSPS) is 14.4. The number of nitrogens with one attached hydrogen (secondary N) is 2. The fourth-order valence-corrected chi connectivity index (χ4v) is 1.93. The number of anilines is 1. The first kappa shape index (κ1) is 13.9. The second kappa shape index (κ2) is 6.61. The molecule has 1 saturated carbocycles. The van der Waals surface area contributed by atoms with Crippen LogP contribution in [0, 0.1) is 17.6 Å². The van der Waals surface area contributed by atoms with Crippen molar-refractivity contribution < 1.29 is 13.6 Å². The van der Waals surface area contributed by atoms with Gasteiger partial charge in [-0.05, 0) is 37.4 Å². The molecule has 1 aliphatic carbocycles. The topological polar surface area (TPSA) is 41.1 Å². The van der Waals surface area contributed by atoms with Crippen LogP contribution in [0.15, 0.2) is 18.2 Å². The summed E-state index contributed by atoms with van der Waals surface area (Å²) in [5, 5.41) is 5.21. The number of rotatable bonds is 7. The molecule has 0 aromatic heterocycles. The van der Waals surface area contributed by atoms with Crippen LogP contribution in [-0.4, -0.2) is 19.0 Å². The zero-order valence-corrected chi connectivity index (χ0v) is 10.7. The zero-order chi connectivity index (χ0) is 13.7. The third-order valence-corrected chi connectivity index (χ3v) is 3.18. The Morgan fingerprint density at radius 2 is 1.95 bits per heavy atom. The standard InChI is InChI=1S/C14H18F2N2O/c15-11-4-1-5-12(16)14(11)18-13(19)9-17-8-2-3-10-6-7-10/h1,4-5,10,17H,2-3,6-9H2,(H,18,19). The van der Waals surface area contributed by atoms with Crippen LogP contribution in [0.3, 0.4) is 0 Å². The van der Waals surface area contributed by atoms with Crippen LogP contribution in [0.1, 0.15) is 25.7 Å². The lowest BCUT2D eigenvalue weighted by molar-refractivity contribution is -0.115. The lowest BCUT2D eigenvalue weighted by atomic mass is 10.2. The summed E-state index contributed by atoms with van der Waals surface area (Å²) in [6.45, 7) is 0.822. The first-order valence-corrected chi connectivity index (χ1v) is 6.61. The molecule has 0 aliphatic heterocycles. The Kier molecular flexibility index (Phi) is 4.85. The van der Waals surface area contributed by atoms with Crippen LogP contribution < -0.4 is 10.6 Å². The van der Waals surface area contributed by atoms with Crippen LogP contribution in [0.25, 0.3) is 0 Å². The minimum absolute atomic E-state index is 0.0679. The number of carbonyl (C=O) groups excluding carboxylic acids is 1. The van der Waals surface area contributed by atoms with E-state index in [-0.39, 0.29) is 12.2 Å². The van der Waals surface area contributed by atoms with E-state index in [0.29, 0.717) is 0 Å². The minimum atomic E-state index is -0.762. The number of halogens is 2. The molecule has 104 valence electrons. The van der Waals surface area contributed by atoms with Gasteiger partial charge in [0.1, 0.15) is 17.3 Å². The molecule has 0 unspecified atom stereocenters. The van der Waals surface area contributed by atoms with Gasteiger partial charge in [-0.3, -0.25) is 4.79 Å². The van der Waals surface area contributed by atoms with E-state index in [1.165, 1.54) is 25.3 Å². The summed E-state index contributed by atoms with van der Waals surface area (Å²) >= 11 is 0. The Hall–Kier alpha value is -1.49. The molecule has 1 aromatic carbocycles. The van der Waals surface area contributed by atoms with Gasteiger partial charge in [-0.25, -0.2) is 8.78 Å². The lowest BCUT2D eigenvalue weighted by Crippen LogP contribution is -2.29. The molecule has 1 amide bonds. The Morgan fingerprint density at radius 1 is 1.26 bits per heavy atom. The molecule has 0 atom stereocenters. The summed E-state index contributed by atoms with van der Waals surface area (Å²) in [6, 6.07) is 3.49. The first-order chi connectivity index (χ1) is 9.16. The summed E-state index contributed by atoms with van der Waals surface area (Å²) in [4.78, 5) is 11.5. The van der Waals surface area contributed by atoms with Crippen molar-refractivity contribution >= 4 is 11.6 Å². The Bertz CT molecular complexity index is 427. The van der Waals surface area contributed by atoms with Gasteiger partial charge in [0.25, 0.3) is 0 Å². The van der Waals surface area contributed by atoms with Gasteiger partial charge in [-0.15, -0.1) is 0 Å². The monoisotopic (exact) mass is 268 g/mol. The highest BCUT2D eigenvalue weighted by atomic mass is 19.1. The predicted octanol–water partition coefficient (Wildman–Crippen LogP) is 2.68. The molecule has 0 radical (unpaired) electrons. The SMILES string of the molecule is O=C(CNCCCC1CC1)Nc1c(F)cccc1F. The summed E-state index contributed by atoms with van der Waals surface area (Å²) in [5.41, 5.74) is -0.382. The van der Waals surface area contributed by atoms with Crippen molar-refractivity contribution in [2.24, 2.45) is 5.92 Å². The van der Waals surface area contributed by atoms with Crippen molar-refractivity contribution in [3.05, 3.63) is 29.8 Å². The fraction of sp³-hybridized carbons (Fsp3) is 0.500. The number of para-hydroxylation sites is 1. The maximum absolute atomic E-state index is 13.3. The third-order valence-electron chi connectivity index (χ3n) is 3.18. The molecule has 3 nitrogen and oxygen atoms in total. The molecule has 1 aliphatic rings. The second-order valence-electron chi connectivity index (χ2n) is 4.91. The van der Waals surface area contributed by atoms with E-state index in [1.807, 2.05) is 0 Å². The summed E-state index contributed by atoms with van der Waals surface area (Å²) in [6.07, 6.45) is 4.88. The molecule has 0 bridgehead atoms. The number of carbonyl (C=O) groups is 1. The molecule has 1 aromatic rings. The fourth-order valence-electron chi connectivity index (χ4n) is 1.93. The van der Waals surface area contributed by atoms with Crippen LogP contribution in [0.2, 0.25) is 0 Å². The van der Waals surface area contributed by atoms with Gasteiger partial charge in [0.05, 0.1) is 6.54 Å². The van der Waals surface area contributed by atoms with E-state index in [4.69, 9.17) is 0 Å². The zero-order valence-electron chi connectivity index (χ0n) is 10.7. The quantitative estimate of drug-likeness (QED) is 0.746. The van der Waals surface area contributed by atoms with Crippen molar-refractivity contribution in [3.8, 4) is 0 Å². The van der Waals surface area contributed by atoms with E-state index in [0.717, 1.165) is 31.0 Å². The molecular weight excluding hydrogens is 250 g/mol. The largest absolute Gasteiger partial charge is 0.320 e. The van der Waals surface area contributed by atoms with Gasteiger partial charge >= 0.3 is 0 Å². The van der Waals surface area contributed by atoms with Gasteiger partial charge in [0, 0.05) is 0 Å². The van der Waals surface area contributed by atoms with Gasteiger partial charge in [-0.1, -0.05) is 18.9 Å². The van der Waals surface area contributed by atoms with Gasteiger partial charge in [0.15, 0.2) is 0 Å². The highest BCUT2D eigenvalue weighted by molar-refractivity contribution is 5.92. The summed E-state index contributed by atoms with van der Waals surface area (Å²) in [5.74, 6) is -1.08. The number of hydrogen-bond acceptors (Lipinski definition) is 2. The van der Waals surface area contributed by atoms with E-state index in [9.17, 15) is 13.6 Å². The molecular formula is C14H18F2N2O. The maximum Gasteiger partial charge on any atom is 0.238 e. The van der Waals surface area contributed by atoms with Crippen LogP contribution in [-0.2, 0) is 4.79 Å². The van der Waals surface area contributed by atoms with Gasteiger partial charge < -0.3 is 10.6 Å². The smallest absolute Gasteiger partial charge is 0.238 e. The summed E-state index contributed by atoms with van der Waals surface area (Å²) in [7, 11) is 0. The molecule has 0 saturated heterocycles. The molecule has 0 spiro atoms. The summed E-state index contributed by atoms with van der Waals surface area (Å²) < 4.78 is 26.5. The predicted molar refractivity (Wildman–Crippen MR) is 69.8 cm³/mol.